The lowest BCUT2D eigenvalue weighted by Gasteiger charge is -2.17. The maximum atomic E-state index is 12.1. The number of amides is 1. The minimum atomic E-state index is 0.0734. The lowest BCUT2D eigenvalue weighted by molar-refractivity contribution is 0.0938. The Labute approximate surface area is 110 Å². The predicted octanol–water partition coefficient (Wildman–Crippen LogP) is 3.48. The molecule has 1 aromatic carbocycles. The Bertz CT molecular complexity index is 425. The fourth-order valence-electron chi connectivity index (χ4n) is 2.69. The van der Waals surface area contributed by atoms with Crippen molar-refractivity contribution in [3.63, 3.8) is 0 Å². The third kappa shape index (κ3) is 3.12. The van der Waals surface area contributed by atoms with Crippen molar-refractivity contribution in [1.82, 2.24) is 5.32 Å². The van der Waals surface area contributed by atoms with Crippen LogP contribution in [0.15, 0.2) is 18.2 Å². The number of hydrogen-bond donors (Lipinski definition) is 1. The number of fused-ring (bicyclic) bond motifs is 1. The number of rotatable bonds is 4. The van der Waals surface area contributed by atoms with Crippen LogP contribution < -0.4 is 5.32 Å². The molecule has 0 heterocycles. The summed E-state index contributed by atoms with van der Waals surface area (Å²) in [7, 11) is 0. The molecule has 0 unspecified atom stereocenters. The summed E-state index contributed by atoms with van der Waals surface area (Å²) in [6.07, 6.45) is 6.98. The molecule has 0 aromatic heterocycles. The quantitative estimate of drug-likeness (QED) is 0.864. The molecule has 0 fully saturated rings. The van der Waals surface area contributed by atoms with E-state index < -0.39 is 0 Å². The minimum Gasteiger partial charge on any atom is -0.350 e. The normalized spacial score (nSPS) is 15.9. The predicted molar refractivity (Wildman–Crippen MR) is 74.9 cm³/mol. The molecule has 1 aromatic rings. The Kier molecular flexibility index (Phi) is 4.40. The highest BCUT2D eigenvalue weighted by molar-refractivity contribution is 5.94. The first-order chi connectivity index (χ1) is 8.70. The Morgan fingerprint density at radius 2 is 2.00 bits per heavy atom. The van der Waals surface area contributed by atoms with Crippen LogP contribution in [0, 0.1) is 0 Å². The van der Waals surface area contributed by atoms with Gasteiger partial charge >= 0.3 is 0 Å². The summed E-state index contributed by atoms with van der Waals surface area (Å²) < 4.78 is 0. The Morgan fingerprint density at radius 3 is 2.72 bits per heavy atom. The van der Waals surface area contributed by atoms with E-state index in [0.29, 0.717) is 0 Å². The van der Waals surface area contributed by atoms with Gasteiger partial charge in [-0.05, 0) is 62.3 Å². The summed E-state index contributed by atoms with van der Waals surface area (Å²) in [5, 5.41) is 3.06. The molecular weight excluding hydrogens is 222 g/mol. The van der Waals surface area contributed by atoms with Gasteiger partial charge in [0, 0.05) is 11.6 Å². The van der Waals surface area contributed by atoms with E-state index in [2.05, 4.69) is 31.3 Å². The topological polar surface area (TPSA) is 29.1 Å². The SMILES string of the molecule is CCC[C@@H](C)NC(=O)c1ccc2c(c1)CCCC2. The first kappa shape index (κ1) is 13.1. The molecular formula is C16H23NO. The van der Waals surface area contributed by atoms with Crippen LogP contribution in [0.3, 0.4) is 0 Å². The minimum absolute atomic E-state index is 0.0734. The largest absolute Gasteiger partial charge is 0.350 e. The molecule has 0 spiro atoms. The van der Waals surface area contributed by atoms with Crippen molar-refractivity contribution in [1.29, 1.82) is 0 Å². The van der Waals surface area contributed by atoms with Gasteiger partial charge in [-0.1, -0.05) is 19.4 Å². The monoisotopic (exact) mass is 245 g/mol. The number of aryl methyl sites for hydroxylation is 2. The molecule has 0 saturated carbocycles. The smallest absolute Gasteiger partial charge is 0.251 e. The van der Waals surface area contributed by atoms with Gasteiger partial charge in [0.15, 0.2) is 0 Å². The van der Waals surface area contributed by atoms with E-state index in [9.17, 15) is 4.79 Å². The maximum absolute atomic E-state index is 12.1. The average molecular weight is 245 g/mol. The van der Waals surface area contributed by atoms with Gasteiger partial charge in [-0.3, -0.25) is 4.79 Å². The number of carbonyl (C=O) groups excluding carboxylic acids is 1. The number of benzene rings is 1. The van der Waals surface area contributed by atoms with Crippen LogP contribution in [0.5, 0.6) is 0 Å². The molecule has 2 heteroatoms. The summed E-state index contributed by atoms with van der Waals surface area (Å²) in [6.45, 7) is 4.21. The van der Waals surface area contributed by atoms with Crippen LogP contribution in [0.4, 0.5) is 0 Å². The molecule has 0 radical (unpaired) electrons. The molecule has 1 aliphatic carbocycles. The highest BCUT2D eigenvalue weighted by atomic mass is 16.1. The van der Waals surface area contributed by atoms with Crippen LogP contribution in [-0.2, 0) is 12.8 Å². The summed E-state index contributed by atoms with van der Waals surface area (Å²) in [5.41, 5.74) is 3.62. The molecule has 2 rings (SSSR count). The van der Waals surface area contributed by atoms with Gasteiger partial charge in [-0.2, -0.15) is 0 Å². The van der Waals surface area contributed by atoms with Crippen LogP contribution in [-0.4, -0.2) is 11.9 Å². The molecule has 2 nitrogen and oxygen atoms in total. The van der Waals surface area contributed by atoms with Gasteiger partial charge in [-0.25, -0.2) is 0 Å². The molecule has 0 bridgehead atoms. The van der Waals surface area contributed by atoms with Crippen LogP contribution in [0.2, 0.25) is 0 Å². The van der Waals surface area contributed by atoms with Gasteiger partial charge in [-0.15, -0.1) is 0 Å². The Balaban J connectivity index is 2.06. The van der Waals surface area contributed by atoms with Crippen molar-refractivity contribution < 1.29 is 4.79 Å². The van der Waals surface area contributed by atoms with Crippen molar-refractivity contribution >= 4 is 5.91 Å². The third-order valence-electron chi connectivity index (χ3n) is 3.71. The highest BCUT2D eigenvalue weighted by Crippen LogP contribution is 2.22. The van der Waals surface area contributed by atoms with Crippen LogP contribution in [0.1, 0.15) is 61.0 Å². The summed E-state index contributed by atoms with van der Waals surface area (Å²) >= 11 is 0. The second kappa shape index (κ2) is 6.03. The number of carbonyl (C=O) groups is 1. The molecule has 0 saturated heterocycles. The summed E-state index contributed by atoms with van der Waals surface area (Å²) in [4.78, 5) is 12.1. The fraction of sp³-hybridized carbons (Fsp3) is 0.562. The molecule has 1 atom stereocenters. The molecule has 1 amide bonds. The van der Waals surface area contributed by atoms with Gasteiger partial charge in [0.1, 0.15) is 0 Å². The van der Waals surface area contributed by atoms with E-state index in [1.54, 1.807) is 0 Å². The first-order valence-corrected chi connectivity index (χ1v) is 7.13. The van der Waals surface area contributed by atoms with Crippen molar-refractivity contribution in [2.75, 3.05) is 0 Å². The molecule has 18 heavy (non-hydrogen) atoms. The van der Waals surface area contributed by atoms with E-state index in [0.717, 1.165) is 24.8 Å². The van der Waals surface area contributed by atoms with Crippen LogP contribution in [0.25, 0.3) is 0 Å². The standard InChI is InChI=1S/C16H23NO/c1-3-6-12(2)17-16(18)15-10-9-13-7-4-5-8-14(13)11-15/h9-12H,3-8H2,1-2H3,(H,17,18)/t12-/m1/s1. The first-order valence-electron chi connectivity index (χ1n) is 7.13. The average Bonchev–Trinajstić information content (AvgIpc) is 2.38. The molecule has 1 aliphatic rings. The second-order valence-corrected chi connectivity index (χ2v) is 5.35. The highest BCUT2D eigenvalue weighted by Gasteiger charge is 2.13. The molecule has 1 N–H and O–H groups in total. The zero-order chi connectivity index (χ0) is 13.0. The lowest BCUT2D eigenvalue weighted by atomic mass is 9.90. The number of nitrogens with one attached hydrogen (secondary N) is 1. The van der Waals surface area contributed by atoms with E-state index >= 15 is 0 Å². The Hall–Kier alpha value is -1.31. The van der Waals surface area contributed by atoms with E-state index in [1.807, 2.05) is 6.07 Å². The Morgan fingerprint density at radius 1 is 1.28 bits per heavy atom. The van der Waals surface area contributed by atoms with Crippen molar-refractivity contribution in [2.24, 2.45) is 0 Å². The maximum Gasteiger partial charge on any atom is 0.251 e. The second-order valence-electron chi connectivity index (χ2n) is 5.35. The number of hydrogen-bond acceptors (Lipinski definition) is 1. The summed E-state index contributed by atoms with van der Waals surface area (Å²) in [5.74, 6) is 0.0734. The van der Waals surface area contributed by atoms with Gasteiger partial charge in [0.05, 0.1) is 0 Å². The lowest BCUT2D eigenvalue weighted by Crippen LogP contribution is -2.32. The zero-order valence-corrected chi connectivity index (χ0v) is 11.5. The van der Waals surface area contributed by atoms with E-state index in [4.69, 9.17) is 0 Å². The molecule has 0 aliphatic heterocycles. The molecule has 98 valence electrons. The fourth-order valence-corrected chi connectivity index (χ4v) is 2.69. The van der Waals surface area contributed by atoms with Crippen molar-refractivity contribution in [3.05, 3.63) is 34.9 Å². The van der Waals surface area contributed by atoms with Crippen molar-refractivity contribution in [3.8, 4) is 0 Å². The van der Waals surface area contributed by atoms with Gasteiger partial charge in [0.2, 0.25) is 0 Å². The van der Waals surface area contributed by atoms with Crippen LogP contribution >= 0.6 is 0 Å². The van der Waals surface area contributed by atoms with E-state index in [1.165, 1.54) is 30.4 Å². The third-order valence-corrected chi connectivity index (χ3v) is 3.71. The summed E-state index contributed by atoms with van der Waals surface area (Å²) in [6, 6.07) is 6.45. The van der Waals surface area contributed by atoms with Gasteiger partial charge < -0.3 is 5.32 Å². The van der Waals surface area contributed by atoms with Crippen molar-refractivity contribution in [2.45, 2.75) is 58.4 Å². The van der Waals surface area contributed by atoms with E-state index in [-0.39, 0.29) is 11.9 Å². The zero-order valence-electron chi connectivity index (χ0n) is 11.5. The van der Waals surface area contributed by atoms with Gasteiger partial charge in [0.25, 0.3) is 5.91 Å².